The number of amides is 2. The molecule has 1 heterocycles. The minimum Gasteiger partial charge on any atom is -0.493 e. The summed E-state index contributed by atoms with van der Waals surface area (Å²) in [5.74, 6) is 0.968. The molecule has 0 atom stereocenters. The molecule has 0 unspecified atom stereocenters. The van der Waals surface area contributed by atoms with Gasteiger partial charge in [0.05, 0.1) is 6.61 Å². The third-order valence-electron chi connectivity index (χ3n) is 3.48. The molecule has 2 aromatic carbocycles. The van der Waals surface area contributed by atoms with Crippen LogP contribution in [-0.4, -0.2) is 12.6 Å². The van der Waals surface area contributed by atoms with Crippen LogP contribution in [0.4, 0.5) is 16.2 Å². The van der Waals surface area contributed by atoms with Gasteiger partial charge in [0, 0.05) is 11.4 Å². The van der Waals surface area contributed by atoms with Crippen molar-refractivity contribution in [2.45, 2.75) is 19.8 Å². The number of anilines is 2. The van der Waals surface area contributed by atoms with Crippen LogP contribution in [0.1, 0.15) is 17.5 Å². The molecule has 0 saturated heterocycles. The zero-order valence-corrected chi connectivity index (χ0v) is 12.0. The number of carbonyl (C=O) groups is 1. The maximum atomic E-state index is 12.0. The standard InChI is InChI=1S/C17H18N2O2/c1-12-10-15(11-13-6-5-9-21-16(12)13)19-17(20)18-14-7-3-2-4-8-14/h2-4,7-8,10-11H,5-6,9H2,1H3,(H2,18,19,20). The number of rotatable bonds is 2. The van der Waals surface area contributed by atoms with Crippen molar-refractivity contribution < 1.29 is 9.53 Å². The fraction of sp³-hybridized carbons (Fsp3) is 0.235. The lowest BCUT2D eigenvalue weighted by atomic mass is 10.0. The van der Waals surface area contributed by atoms with Gasteiger partial charge in [0.1, 0.15) is 5.75 Å². The Bertz CT molecular complexity index is 653. The van der Waals surface area contributed by atoms with Crippen molar-refractivity contribution >= 4 is 17.4 Å². The third-order valence-corrected chi connectivity index (χ3v) is 3.48. The molecule has 2 aromatic rings. The molecule has 21 heavy (non-hydrogen) atoms. The maximum absolute atomic E-state index is 12.0. The number of aryl methyl sites for hydroxylation is 2. The van der Waals surface area contributed by atoms with Gasteiger partial charge in [-0.3, -0.25) is 0 Å². The van der Waals surface area contributed by atoms with Gasteiger partial charge in [-0.25, -0.2) is 4.79 Å². The Morgan fingerprint density at radius 2 is 1.86 bits per heavy atom. The highest BCUT2D eigenvalue weighted by Gasteiger charge is 2.14. The minimum absolute atomic E-state index is 0.239. The number of ether oxygens (including phenoxy) is 1. The zero-order chi connectivity index (χ0) is 14.7. The Hall–Kier alpha value is -2.49. The van der Waals surface area contributed by atoms with Crippen LogP contribution in [0.2, 0.25) is 0 Å². The molecule has 1 aliphatic rings. The first kappa shape index (κ1) is 13.5. The zero-order valence-electron chi connectivity index (χ0n) is 12.0. The van der Waals surface area contributed by atoms with Gasteiger partial charge in [-0.05, 0) is 55.2 Å². The van der Waals surface area contributed by atoms with E-state index in [-0.39, 0.29) is 6.03 Å². The molecule has 0 saturated carbocycles. The molecule has 4 nitrogen and oxygen atoms in total. The number of hydrogen-bond donors (Lipinski definition) is 2. The van der Waals surface area contributed by atoms with E-state index in [9.17, 15) is 4.79 Å². The normalized spacial score (nSPS) is 13.0. The number of fused-ring (bicyclic) bond motifs is 1. The molecule has 0 aromatic heterocycles. The topological polar surface area (TPSA) is 50.4 Å². The predicted octanol–water partition coefficient (Wildman–Crippen LogP) is 3.96. The average Bonchev–Trinajstić information content (AvgIpc) is 2.48. The van der Waals surface area contributed by atoms with Crippen LogP contribution in [0.15, 0.2) is 42.5 Å². The Balaban J connectivity index is 1.73. The number of hydrogen-bond acceptors (Lipinski definition) is 2. The summed E-state index contributed by atoms with van der Waals surface area (Å²) in [7, 11) is 0. The van der Waals surface area contributed by atoms with E-state index in [0.717, 1.165) is 47.7 Å². The number of benzene rings is 2. The molecule has 4 heteroatoms. The summed E-state index contributed by atoms with van der Waals surface area (Å²) in [6.45, 7) is 2.78. The molecule has 108 valence electrons. The first-order valence-electron chi connectivity index (χ1n) is 7.12. The van der Waals surface area contributed by atoms with Crippen LogP contribution in [0.3, 0.4) is 0 Å². The van der Waals surface area contributed by atoms with Crippen LogP contribution in [0, 0.1) is 6.92 Å². The summed E-state index contributed by atoms with van der Waals surface area (Å²) >= 11 is 0. The molecular weight excluding hydrogens is 264 g/mol. The Kier molecular flexibility index (Phi) is 3.77. The average molecular weight is 282 g/mol. The highest BCUT2D eigenvalue weighted by molar-refractivity contribution is 5.99. The quantitative estimate of drug-likeness (QED) is 0.875. The van der Waals surface area contributed by atoms with Crippen LogP contribution in [-0.2, 0) is 6.42 Å². The van der Waals surface area contributed by atoms with E-state index in [1.807, 2.05) is 49.4 Å². The van der Waals surface area contributed by atoms with Crippen LogP contribution < -0.4 is 15.4 Å². The molecule has 0 radical (unpaired) electrons. The molecule has 2 N–H and O–H groups in total. The lowest BCUT2D eigenvalue weighted by Crippen LogP contribution is -2.20. The molecule has 0 aliphatic carbocycles. The van der Waals surface area contributed by atoms with Crippen molar-refractivity contribution in [2.75, 3.05) is 17.2 Å². The Labute approximate surface area is 124 Å². The lowest BCUT2D eigenvalue weighted by molar-refractivity contribution is 0.262. The largest absolute Gasteiger partial charge is 0.493 e. The van der Waals surface area contributed by atoms with E-state index >= 15 is 0 Å². The fourth-order valence-corrected chi connectivity index (χ4v) is 2.56. The van der Waals surface area contributed by atoms with Gasteiger partial charge in [0.15, 0.2) is 0 Å². The van der Waals surface area contributed by atoms with Crippen molar-refractivity contribution in [2.24, 2.45) is 0 Å². The van der Waals surface area contributed by atoms with Crippen LogP contribution in [0.25, 0.3) is 0 Å². The summed E-state index contributed by atoms with van der Waals surface area (Å²) in [6.07, 6.45) is 2.01. The fourth-order valence-electron chi connectivity index (χ4n) is 2.56. The smallest absolute Gasteiger partial charge is 0.323 e. The van der Waals surface area contributed by atoms with Gasteiger partial charge in [0.2, 0.25) is 0 Å². The van der Waals surface area contributed by atoms with Crippen molar-refractivity contribution in [1.29, 1.82) is 0 Å². The van der Waals surface area contributed by atoms with Crippen molar-refractivity contribution in [3.8, 4) is 5.75 Å². The number of nitrogens with one attached hydrogen (secondary N) is 2. The van der Waals surface area contributed by atoms with Gasteiger partial charge in [-0.15, -0.1) is 0 Å². The predicted molar refractivity (Wildman–Crippen MR) is 84.1 cm³/mol. The first-order chi connectivity index (χ1) is 10.2. The van der Waals surface area contributed by atoms with Crippen molar-refractivity contribution in [3.05, 3.63) is 53.6 Å². The maximum Gasteiger partial charge on any atom is 0.323 e. The van der Waals surface area contributed by atoms with Crippen LogP contribution in [0.5, 0.6) is 5.75 Å². The third kappa shape index (κ3) is 3.16. The summed E-state index contributed by atoms with van der Waals surface area (Å²) in [5, 5.41) is 5.68. The molecule has 0 fully saturated rings. The van der Waals surface area contributed by atoms with E-state index in [0.29, 0.717) is 0 Å². The van der Waals surface area contributed by atoms with E-state index in [4.69, 9.17) is 4.74 Å². The SMILES string of the molecule is Cc1cc(NC(=O)Nc2ccccc2)cc2c1OCCC2. The molecule has 1 aliphatic heterocycles. The summed E-state index contributed by atoms with van der Waals surface area (Å²) in [6, 6.07) is 13.1. The summed E-state index contributed by atoms with van der Waals surface area (Å²) in [5.41, 5.74) is 3.79. The van der Waals surface area contributed by atoms with Crippen LogP contribution >= 0.6 is 0 Å². The van der Waals surface area contributed by atoms with Crippen molar-refractivity contribution in [1.82, 2.24) is 0 Å². The Morgan fingerprint density at radius 3 is 2.67 bits per heavy atom. The highest BCUT2D eigenvalue weighted by Crippen LogP contribution is 2.31. The second-order valence-electron chi connectivity index (χ2n) is 5.18. The first-order valence-corrected chi connectivity index (χ1v) is 7.12. The van der Waals surface area contributed by atoms with E-state index in [1.165, 1.54) is 0 Å². The molecule has 0 bridgehead atoms. The summed E-state index contributed by atoms with van der Waals surface area (Å²) in [4.78, 5) is 12.0. The van der Waals surface area contributed by atoms with Gasteiger partial charge < -0.3 is 15.4 Å². The number of carbonyl (C=O) groups excluding carboxylic acids is 1. The lowest BCUT2D eigenvalue weighted by Gasteiger charge is -2.20. The van der Waals surface area contributed by atoms with Gasteiger partial charge in [-0.1, -0.05) is 18.2 Å². The van der Waals surface area contributed by atoms with E-state index in [1.54, 1.807) is 0 Å². The molecular formula is C17H18N2O2. The Morgan fingerprint density at radius 1 is 1.10 bits per heavy atom. The minimum atomic E-state index is -0.239. The van der Waals surface area contributed by atoms with Gasteiger partial charge in [0.25, 0.3) is 0 Å². The molecule has 0 spiro atoms. The van der Waals surface area contributed by atoms with Gasteiger partial charge in [-0.2, -0.15) is 0 Å². The second kappa shape index (κ2) is 5.87. The van der Waals surface area contributed by atoms with Gasteiger partial charge >= 0.3 is 6.03 Å². The second-order valence-corrected chi connectivity index (χ2v) is 5.18. The number of para-hydroxylation sites is 1. The monoisotopic (exact) mass is 282 g/mol. The van der Waals surface area contributed by atoms with E-state index < -0.39 is 0 Å². The molecule has 2 amide bonds. The summed E-state index contributed by atoms with van der Waals surface area (Å²) < 4.78 is 5.68. The number of urea groups is 1. The van der Waals surface area contributed by atoms with Crippen molar-refractivity contribution in [3.63, 3.8) is 0 Å². The molecule has 3 rings (SSSR count). The highest BCUT2D eigenvalue weighted by atomic mass is 16.5. The van der Waals surface area contributed by atoms with E-state index in [2.05, 4.69) is 10.6 Å².